The van der Waals surface area contributed by atoms with E-state index in [0.717, 1.165) is 12.5 Å². The Morgan fingerprint density at radius 2 is 2.44 bits per heavy atom. The first-order valence-corrected chi connectivity index (χ1v) is 6.07. The zero-order valence-electron chi connectivity index (χ0n) is 10.5. The van der Waals surface area contributed by atoms with Gasteiger partial charge in [-0.1, -0.05) is 6.92 Å². The van der Waals surface area contributed by atoms with Gasteiger partial charge in [0, 0.05) is 30.4 Å². The number of nitrogens with one attached hydrogen (secondary N) is 2. The van der Waals surface area contributed by atoms with Crippen molar-refractivity contribution in [2.45, 2.75) is 32.9 Å². The Morgan fingerprint density at radius 3 is 3.06 bits per heavy atom. The highest BCUT2D eigenvalue weighted by atomic mass is 15.1. The summed E-state index contributed by atoms with van der Waals surface area (Å²) in [7, 11) is 2.20. The quantitative estimate of drug-likeness (QED) is 0.806. The number of aromatic amines is 1. The first kappa shape index (κ1) is 11.6. The average molecular weight is 222 g/mol. The largest absolute Gasteiger partial charge is 0.309 e. The Labute approximate surface area is 97.4 Å². The highest BCUT2D eigenvalue weighted by Gasteiger charge is 2.23. The second kappa shape index (κ2) is 4.97. The number of hydrogen-bond donors (Lipinski definition) is 2. The Balaban J connectivity index is 1.84. The van der Waals surface area contributed by atoms with Gasteiger partial charge < -0.3 is 10.2 Å². The zero-order valence-corrected chi connectivity index (χ0v) is 10.5. The highest BCUT2D eigenvalue weighted by molar-refractivity contribution is 5.14. The molecule has 1 aliphatic rings. The number of aryl methyl sites for hydroxylation is 1. The van der Waals surface area contributed by atoms with E-state index in [1.54, 1.807) is 0 Å². The third-order valence-electron chi connectivity index (χ3n) is 3.60. The van der Waals surface area contributed by atoms with Gasteiger partial charge in [-0.15, -0.1) is 0 Å². The Morgan fingerprint density at radius 1 is 1.62 bits per heavy atom. The summed E-state index contributed by atoms with van der Waals surface area (Å²) in [5, 5.41) is 10.7. The van der Waals surface area contributed by atoms with Gasteiger partial charge in [-0.3, -0.25) is 5.10 Å². The second-order valence-corrected chi connectivity index (χ2v) is 5.04. The molecule has 2 N–H and O–H groups in total. The SMILES string of the molecule is Cc1[nH]ncc1CNC1CCN(C)CC1C. The van der Waals surface area contributed by atoms with Crippen LogP contribution >= 0.6 is 0 Å². The summed E-state index contributed by atoms with van der Waals surface area (Å²) in [6.45, 7) is 7.73. The molecule has 2 heterocycles. The summed E-state index contributed by atoms with van der Waals surface area (Å²) in [6, 6.07) is 0.644. The molecule has 16 heavy (non-hydrogen) atoms. The molecule has 2 rings (SSSR count). The van der Waals surface area contributed by atoms with E-state index in [1.165, 1.54) is 30.8 Å². The van der Waals surface area contributed by atoms with Gasteiger partial charge in [-0.25, -0.2) is 0 Å². The third-order valence-corrected chi connectivity index (χ3v) is 3.60. The lowest BCUT2D eigenvalue weighted by Crippen LogP contribution is -2.46. The maximum Gasteiger partial charge on any atom is 0.0535 e. The fraction of sp³-hybridized carbons (Fsp3) is 0.750. The smallest absolute Gasteiger partial charge is 0.0535 e. The number of rotatable bonds is 3. The van der Waals surface area contributed by atoms with E-state index < -0.39 is 0 Å². The van der Waals surface area contributed by atoms with Crippen molar-refractivity contribution < 1.29 is 0 Å². The number of H-pyrrole nitrogens is 1. The molecular formula is C12H22N4. The van der Waals surface area contributed by atoms with Crippen LogP contribution in [0, 0.1) is 12.8 Å². The van der Waals surface area contributed by atoms with E-state index in [0.29, 0.717) is 6.04 Å². The summed E-state index contributed by atoms with van der Waals surface area (Å²) in [4.78, 5) is 2.41. The predicted octanol–water partition coefficient (Wildman–Crippen LogP) is 1.15. The van der Waals surface area contributed by atoms with Gasteiger partial charge in [-0.05, 0) is 32.9 Å². The first-order chi connectivity index (χ1) is 7.66. The number of nitrogens with zero attached hydrogens (tertiary/aromatic N) is 2. The Kier molecular flexibility index (Phi) is 3.61. The summed E-state index contributed by atoms with van der Waals surface area (Å²) in [5.41, 5.74) is 2.46. The van der Waals surface area contributed by atoms with E-state index in [1.807, 2.05) is 6.20 Å². The van der Waals surface area contributed by atoms with E-state index in [4.69, 9.17) is 0 Å². The molecule has 1 aromatic heterocycles. The van der Waals surface area contributed by atoms with Crippen LogP contribution in [0.2, 0.25) is 0 Å². The maximum absolute atomic E-state index is 4.04. The monoisotopic (exact) mass is 222 g/mol. The molecule has 2 atom stereocenters. The molecule has 1 aromatic rings. The molecule has 0 spiro atoms. The number of likely N-dealkylation sites (tertiary alicyclic amines) is 1. The van der Waals surface area contributed by atoms with Crippen LogP contribution in [0.5, 0.6) is 0 Å². The van der Waals surface area contributed by atoms with Crippen molar-refractivity contribution in [3.63, 3.8) is 0 Å². The predicted molar refractivity (Wildman–Crippen MR) is 65.2 cm³/mol. The van der Waals surface area contributed by atoms with Gasteiger partial charge in [0.15, 0.2) is 0 Å². The summed E-state index contributed by atoms with van der Waals surface area (Å²) in [5.74, 6) is 0.728. The summed E-state index contributed by atoms with van der Waals surface area (Å²) < 4.78 is 0. The summed E-state index contributed by atoms with van der Waals surface area (Å²) >= 11 is 0. The van der Waals surface area contributed by atoms with Crippen LogP contribution in [-0.2, 0) is 6.54 Å². The first-order valence-electron chi connectivity index (χ1n) is 6.07. The van der Waals surface area contributed by atoms with E-state index >= 15 is 0 Å². The highest BCUT2D eigenvalue weighted by Crippen LogP contribution is 2.16. The molecule has 0 aromatic carbocycles. The molecule has 4 heteroatoms. The van der Waals surface area contributed by atoms with E-state index in [9.17, 15) is 0 Å². The fourth-order valence-corrected chi connectivity index (χ4v) is 2.45. The van der Waals surface area contributed by atoms with Gasteiger partial charge in [0.25, 0.3) is 0 Å². The van der Waals surface area contributed by atoms with Crippen LogP contribution in [0.4, 0.5) is 0 Å². The lowest BCUT2D eigenvalue weighted by molar-refractivity contribution is 0.174. The van der Waals surface area contributed by atoms with Crippen LogP contribution in [-0.4, -0.2) is 41.3 Å². The Bertz CT molecular complexity index is 334. The van der Waals surface area contributed by atoms with Gasteiger partial charge in [0.2, 0.25) is 0 Å². The van der Waals surface area contributed by atoms with Crippen molar-refractivity contribution >= 4 is 0 Å². The Hall–Kier alpha value is -0.870. The minimum absolute atomic E-state index is 0.644. The van der Waals surface area contributed by atoms with Gasteiger partial charge in [0.1, 0.15) is 0 Å². The molecule has 0 bridgehead atoms. The van der Waals surface area contributed by atoms with Crippen molar-refractivity contribution in [3.05, 3.63) is 17.5 Å². The molecule has 90 valence electrons. The average Bonchev–Trinajstić information content (AvgIpc) is 2.63. The van der Waals surface area contributed by atoms with Crippen LogP contribution < -0.4 is 5.32 Å². The molecule has 0 saturated carbocycles. The topological polar surface area (TPSA) is 44.0 Å². The van der Waals surface area contributed by atoms with E-state index in [-0.39, 0.29) is 0 Å². The van der Waals surface area contributed by atoms with Crippen LogP contribution in [0.15, 0.2) is 6.20 Å². The minimum atomic E-state index is 0.644. The molecule has 0 radical (unpaired) electrons. The standard InChI is InChI=1S/C12H22N4/c1-9-8-16(3)5-4-12(9)13-6-11-7-14-15-10(11)2/h7,9,12-13H,4-6,8H2,1-3H3,(H,14,15). The minimum Gasteiger partial charge on any atom is -0.309 e. The number of hydrogen-bond acceptors (Lipinski definition) is 3. The van der Waals surface area contributed by atoms with Gasteiger partial charge in [0.05, 0.1) is 6.20 Å². The zero-order chi connectivity index (χ0) is 11.5. The molecule has 0 aliphatic carbocycles. The number of piperidine rings is 1. The van der Waals surface area contributed by atoms with Crippen molar-refractivity contribution in [1.29, 1.82) is 0 Å². The fourth-order valence-electron chi connectivity index (χ4n) is 2.45. The molecule has 1 fully saturated rings. The lowest BCUT2D eigenvalue weighted by Gasteiger charge is -2.35. The lowest BCUT2D eigenvalue weighted by atomic mass is 9.94. The summed E-state index contributed by atoms with van der Waals surface area (Å²) in [6.07, 6.45) is 3.16. The van der Waals surface area contributed by atoms with Crippen molar-refractivity contribution in [3.8, 4) is 0 Å². The third kappa shape index (κ3) is 2.62. The maximum atomic E-state index is 4.04. The van der Waals surface area contributed by atoms with Crippen molar-refractivity contribution in [2.75, 3.05) is 20.1 Å². The molecule has 1 aliphatic heterocycles. The molecule has 1 saturated heterocycles. The van der Waals surface area contributed by atoms with Crippen LogP contribution in [0.1, 0.15) is 24.6 Å². The second-order valence-electron chi connectivity index (χ2n) is 5.04. The molecular weight excluding hydrogens is 200 g/mol. The van der Waals surface area contributed by atoms with Crippen molar-refractivity contribution in [1.82, 2.24) is 20.4 Å². The normalized spacial score (nSPS) is 27.2. The van der Waals surface area contributed by atoms with Gasteiger partial charge >= 0.3 is 0 Å². The molecule has 2 unspecified atom stereocenters. The molecule has 4 nitrogen and oxygen atoms in total. The van der Waals surface area contributed by atoms with Gasteiger partial charge in [-0.2, -0.15) is 5.10 Å². The number of aromatic nitrogens is 2. The van der Waals surface area contributed by atoms with Crippen LogP contribution in [0.25, 0.3) is 0 Å². The molecule has 0 amide bonds. The van der Waals surface area contributed by atoms with Crippen molar-refractivity contribution in [2.24, 2.45) is 5.92 Å². The van der Waals surface area contributed by atoms with Crippen LogP contribution in [0.3, 0.4) is 0 Å². The van der Waals surface area contributed by atoms with E-state index in [2.05, 4.69) is 41.3 Å².